The molecule has 0 spiro atoms. The number of H-pyrrole nitrogens is 1. The summed E-state index contributed by atoms with van der Waals surface area (Å²) in [7, 11) is 1.98. The number of hydrogen-bond acceptors (Lipinski definition) is 3. The van der Waals surface area contributed by atoms with Gasteiger partial charge in [0, 0.05) is 42.2 Å². The fourth-order valence-electron chi connectivity index (χ4n) is 3.35. The van der Waals surface area contributed by atoms with Crippen LogP contribution in [-0.2, 0) is 0 Å². The molecule has 1 aliphatic rings. The Morgan fingerprint density at radius 3 is 2.36 bits per heavy atom. The largest absolute Gasteiger partial charge is 0.367 e. The highest BCUT2D eigenvalue weighted by Crippen LogP contribution is 2.22. The van der Waals surface area contributed by atoms with Gasteiger partial charge in [0.05, 0.1) is 0 Å². The molecule has 5 heteroatoms. The third-order valence-corrected chi connectivity index (χ3v) is 4.96. The third kappa shape index (κ3) is 4.17. The molecule has 0 atom stereocenters. The lowest BCUT2D eigenvalue weighted by molar-refractivity contribution is 0.0687. The zero-order valence-corrected chi connectivity index (χ0v) is 14.6. The van der Waals surface area contributed by atoms with Gasteiger partial charge in [-0.1, -0.05) is 12.1 Å². The van der Waals surface area contributed by atoms with Crippen molar-refractivity contribution in [2.24, 2.45) is 5.92 Å². The number of hydrogen-bond donors (Lipinski definition) is 2. The topological polar surface area (TPSA) is 65.2 Å². The molecule has 25 heavy (non-hydrogen) atoms. The average molecular weight is 339 g/mol. The van der Waals surface area contributed by atoms with E-state index in [1.807, 2.05) is 11.9 Å². The Kier molecular flexibility index (Phi) is 5.66. The van der Waals surface area contributed by atoms with E-state index >= 15 is 0 Å². The standard InChI is InChI=1S/C20H25N3O2/c1-21-10-6-15-8-12-23(13-9-15)20(25)17-4-2-16(3-5-17)19(24)18-7-11-22-14-18/h2-5,7,11,14-15,21-22H,6,8-10,12-13H2,1H3. The van der Waals surface area contributed by atoms with Crippen LogP contribution in [0.15, 0.2) is 42.7 Å². The van der Waals surface area contributed by atoms with Crippen molar-refractivity contribution in [2.45, 2.75) is 19.3 Å². The van der Waals surface area contributed by atoms with Crippen LogP contribution in [0.4, 0.5) is 0 Å². The number of ketones is 1. The van der Waals surface area contributed by atoms with Crippen LogP contribution in [0.3, 0.4) is 0 Å². The summed E-state index contributed by atoms with van der Waals surface area (Å²) in [6.45, 7) is 2.67. The zero-order chi connectivity index (χ0) is 17.6. The fraction of sp³-hybridized carbons (Fsp3) is 0.400. The van der Waals surface area contributed by atoms with Crippen LogP contribution in [0.5, 0.6) is 0 Å². The maximum Gasteiger partial charge on any atom is 0.253 e. The minimum atomic E-state index is -0.0365. The Labute approximate surface area is 148 Å². The molecule has 0 unspecified atom stereocenters. The number of nitrogens with zero attached hydrogens (tertiary/aromatic N) is 1. The number of nitrogens with one attached hydrogen (secondary N) is 2. The molecule has 0 bridgehead atoms. The van der Waals surface area contributed by atoms with E-state index in [1.165, 1.54) is 6.42 Å². The van der Waals surface area contributed by atoms with Crippen molar-refractivity contribution in [2.75, 3.05) is 26.7 Å². The minimum Gasteiger partial charge on any atom is -0.367 e. The van der Waals surface area contributed by atoms with E-state index in [9.17, 15) is 9.59 Å². The van der Waals surface area contributed by atoms with E-state index in [4.69, 9.17) is 0 Å². The molecule has 1 aromatic carbocycles. The first-order valence-corrected chi connectivity index (χ1v) is 8.90. The fourth-order valence-corrected chi connectivity index (χ4v) is 3.35. The molecule has 0 radical (unpaired) electrons. The van der Waals surface area contributed by atoms with Gasteiger partial charge < -0.3 is 15.2 Å². The molecule has 0 aliphatic carbocycles. The molecule has 1 fully saturated rings. The van der Waals surface area contributed by atoms with Gasteiger partial charge in [-0.05, 0) is 57.0 Å². The second kappa shape index (κ2) is 8.12. The second-order valence-corrected chi connectivity index (χ2v) is 6.63. The Hall–Kier alpha value is -2.40. The number of piperidine rings is 1. The van der Waals surface area contributed by atoms with Crippen LogP contribution < -0.4 is 5.32 Å². The maximum absolute atomic E-state index is 12.7. The SMILES string of the molecule is CNCCC1CCN(C(=O)c2ccc(C(=O)c3cc[nH]c3)cc2)CC1. The number of likely N-dealkylation sites (tertiary alicyclic amines) is 1. The lowest BCUT2D eigenvalue weighted by Gasteiger charge is -2.32. The molecule has 1 saturated heterocycles. The van der Waals surface area contributed by atoms with Crippen molar-refractivity contribution in [1.29, 1.82) is 0 Å². The van der Waals surface area contributed by atoms with Crippen LogP contribution in [-0.4, -0.2) is 48.3 Å². The molecular weight excluding hydrogens is 314 g/mol. The number of amides is 1. The van der Waals surface area contributed by atoms with Crippen molar-refractivity contribution in [3.8, 4) is 0 Å². The number of carbonyl (C=O) groups excluding carboxylic acids is 2. The number of carbonyl (C=O) groups is 2. The molecule has 2 N–H and O–H groups in total. The average Bonchev–Trinajstić information content (AvgIpc) is 3.20. The molecule has 1 amide bonds. The maximum atomic E-state index is 12.7. The molecule has 0 saturated carbocycles. The summed E-state index contributed by atoms with van der Waals surface area (Å²) < 4.78 is 0. The first kappa shape index (κ1) is 17.4. The van der Waals surface area contributed by atoms with E-state index in [0.29, 0.717) is 22.6 Å². The molecular formula is C20H25N3O2. The Balaban J connectivity index is 1.59. The van der Waals surface area contributed by atoms with Crippen molar-refractivity contribution in [3.63, 3.8) is 0 Å². The van der Waals surface area contributed by atoms with Crippen molar-refractivity contribution < 1.29 is 9.59 Å². The van der Waals surface area contributed by atoms with Gasteiger partial charge >= 0.3 is 0 Å². The van der Waals surface area contributed by atoms with Gasteiger partial charge in [0.2, 0.25) is 0 Å². The summed E-state index contributed by atoms with van der Waals surface area (Å²) in [4.78, 5) is 29.8. The number of rotatable bonds is 6. The first-order chi connectivity index (χ1) is 12.2. The predicted octanol–water partition coefficient (Wildman–Crippen LogP) is 2.71. The number of benzene rings is 1. The third-order valence-electron chi connectivity index (χ3n) is 4.96. The molecule has 1 aromatic heterocycles. The lowest BCUT2D eigenvalue weighted by Crippen LogP contribution is -2.38. The van der Waals surface area contributed by atoms with Gasteiger partial charge in [-0.3, -0.25) is 9.59 Å². The monoisotopic (exact) mass is 339 g/mol. The molecule has 3 rings (SSSR count). The van der Waals surface area contributed by atoms with E-state index in [1.54, 1.807) is 42.7 Å². The molecule has 1 aliphatic heterocycles. The predicted molar refractivity (Wildman–Crippen MR) is 97.8 cm³/mol. The van der Waals surface area contributed by atoms with Crippen LogP contribution in [0.2, 0.25) is 0 Å². The summed E-state index contributed by atoms with van der Waals surface area (Å²) >= 11 is 0. The van der Waals surface area contributed by atoms with Gasteiger partial charge in [0.25, 0.3) is 5.91 Å². The summed E-state index contributed by atoms with van der Waals surface area (Å²) in [5.74, 6) is 0.733. The Morgan fingerprint density at radius 1 is 1.08 bits per heavy atom. The summed E-state index contributed by atoms with van der Waals surface area (Å²) in [6.07, 6.45) is 6.72. The van der Waals surface area contributed by atoms with Crippen molar-refractivity contribution in [3.05, 3.63) is 59.4 Å². The van der Waals surface area contributed by atoms with Crippen LogP contribution in [0, 0.1) is 5.92 Å². The van der Waals surface area contributed by atoms with Crippen LogP contribution >= 0.6 is 0 Å². The normalized spacial score (nSPS) is 15.3. The Morgan fingerprint density at radius 2 is 1.76 bits per heavy atom. The van der Waals surface area contributed by atoms with Crippen molar-refractivity contribution in [1.82, 2.24) is 15.2 Å². The van der Waals surface area contributed by atoms with Gasteiger partial charge in [0.1, 0.15) is 0 Å². The molecule has 2 heterocycles. The van der Waals surface area contributed by atoms with E-state index < -0.39 is 0 Å². The highest BCUT2D eigenvalue weighted by Gasteiger charge is 2.23. The van der Waals surface area contributed by atoms with E-state index in [0.717, 1.165) is 32.5 Å². The Bertz CT molecular complexity index is 699. The van der Waals surface area contributed by atoms with Crippen molar-refractivity contribution >= 4 is 11.7 Å². The zero-order valence-electron chi connectivity index (χ0n) is 14.6. The summed E-state index contributed by atoms with van der Waals surface area (Å²) in [5.41, 5.74) is 1.88. The summed E-state index contributed by atoms with van der Waals surface area (Å²) in [5, 5.41) is 3.19. The highest BCUT2D eigenvalue weighted by molar-refractivity contribution is 6.09. The highest BCUT2D eigenvalue weighted by atomic mass is 16.2. The molecule has 132 valence electrons. The van der Waals surface area contributed by atoms with E-state index in [2.05, 4.69) is 10.3 Å². The molecule has 5 nitrogen and oxygen atoms in total. The lowest BCUT2D eigenvalue weighted by atomic mass is 9.93. The summed E-state index contributed by atoms with van der Waals surface area (Å²) in [6, 6.07) is 8.74. The minimum absolute atomic E-state index is 0.0365. The number of aromatic amines is 1. The quantitative estimate of drug-likeness (QED) is 0.795. The van der Waals surface area contributed by atoms with Gasteiger partial charge in [-0.15, -0.1) is 0 Å². The smallest absolute Gasteiger partial charge is 0.253 e. The number of aromatic nitrogens is 1. The van der Waals surface area contributed by atoms with Gasteiger partial charge in [-0.25, -0.2) is 0 Å². The second-order valence-electron chi connectivity index (χ2n) is 6.63. The van der Waals surface area contributed by atoms with E-state index in [-0.39, 0.29) is 11.7 Å². The van der Waals surface area contributed by atoms with Gasteiger partial charge in [-0.2, -0.15) is 0 Å². The van der Waals surface area contributed by atoms with Crippen LogP contribution in [0.25, 0.3) is 0 Å². The van der Waals surface area contributed by atoms with Gasteiger partial charge in [0.15, 0.2) is 5.78 Å². The molecule has 2 aromatic rings. The first-order valence-electron chi connectivity index (χ1n) is 8.90. The van der Waals surface area contributed by atoms with Crippen LogP contribution in [0.1, 0.15) is 45.5 Å².